The molecule has 1 saturated heterocycles. The number of allylic oxidation sites excluding steroid dienone is 2. The number of halogens is 1. The summed E-state index contributed by atoms with van der Waals surface area (Å²) in [4.78, 5) is 13.1. The van der Waals surface area contributed by atoms with Gasteiger partial charge in [0.15, 0.2) is 5.78 Å². The van der Waals surface area contributed by atoms with Crippen molar-refractivity contribution in [3.8, 4) is 11.1 Å². The second kappa shape index (κ2) is 8.10. The van der Waals surface area contributed by atoms with Crippen molar-refractivity contribution >= 4 is 23.0 Å². The smallest absolute Gasteiger partial charge is 0.167 e. The Bertz CT molecular complexity index is 908. The van der Waals surface area contributed by atoms with Crippen LogP contribution in [0.2, 0.25) is 5.02 Å². The van der Waals surface area contributed by atoms with Crippen molar-refractivity contribution in [3.63, 3.8) is 0 Å². The highest BCUT2D eigenvalue weighted by molar-refractivity contribution is 6.30. The molecule has 2 aliphatic rings. The number of rotatable bonds is 4. The Morgan fingerprint density at radius 1 is 1.07 bits per heavy atom. The average molecular weight is 397 g/mol. The first kappa shape index (κ1) is 19.2. The fourth-order valence-electron chi connectivity index (χ4n) is 4.43. The molecule has 0 saturated carbocycles. The minimum atomic E-state index is 0.0450. The van der Waals surface area contributed by atoms with E-state index in [9.17, 15) is 9.90 Å². The highest BCUT2D eigenvalue weighted by atomic mass is 35.5. The molecular formula is C24H25ClO3. The predicted octanol–water partition coefficient (Wildman–Crippen LogP) is 5.85. The maximum absolute atomic E-state index is 13.1. The van der Waals surface area contributed by atoms with E-state index in [4.69, 9.17) is 16.3 Å². The summed E-state index contributed by atoms with van der Waals surface area (Å²) >= 11 is 6.01. The molecule has 1 heterocycles. The first-order chi connectivity index (χ1) is 13.6. The van der Waals surface area contributed by atoms with Crippen LogP contribution in [-0.2, 0) is 16.0 Å². The van der Waals surface area contributed by atoms with Gasteiger partial charge in [-0.05, 0) is 65.1 Å². The van der Waals surface area contributed by atoms with Crippen LogP contribution >= 0.6 is 11.6 Å². The summed E-state index contributed by atoms with van der Waals surface area (Å²) in [5, 5.41) is 11.5. The molecule has 0 radical (unpaired) electrons. The van der Waals surface area contributed by atoms with E-state index in [1.165, 1.54) is 0 Å². The molecule has 0 amide bonds. The van der Waals surface area contributed by atoms with Gasteiger partial charge < -0.3 is 9.84 Å². The largest absolute Gasteiger partial charge is 0.512 e. The number of carbonyl (C=O) groups is 1. The van der Waals surface area contributed by atoms with Gasteiger partial charge in [0.1, 0.15) is 5.76 Å². The van der Waals surface area contributed by atoms with Crippen molar-refractivity contribution < 1.29 is 14.6 Å². The number of carbonyl (C=O) groups excluding carboxylic acids is 1. The van der Waals surface area contributed by atoms with E-state index in [0.29, 0.717) is 36.0 Å². The van der Waals surface area contributed by atoms with E-state index in [-0.39, 0.29) is 17.5 Å². The minimum absolute atomic E-state index is 0.0450. The van der Waals surface area contributed by atoms with Gasteiger partial charge in [-0.3, -0.25) is 4.79 Å². The van der Waals surface area contributed by atoms with Crippen LogP contribution in [0.5, 0.6) is 0 Å². The van der Waals surface area contributed by atoms with Gasteiger partial charge in [-0.15, -0.1) is 0 Å². The Morgan fingerprint density at radius 2 is 1.82 bits per heavy atom. The molecule has 3 nitrogen and oxygen atoms in total. The number of aryl methyl sites for hydroxylation is 1. The fraction of sp³-hybridized carbons (Fsp3) is 0.375. The van der Waals surface area contributed by atoms with Crippen LogP contribution in [0.4, 0.5) is 0 Å². The van der Waals surface area contributed by atoms with Crippen molar-refractivity contribution in [3.05, 3.63) is 64.4 Å². The predicted molar refractivity (Wildman–Crippen MR) is 112 cm³/mol. The zero-order valence-corrected chi connectivity index (χ0v) is 16.8. The summed E-state index contributed by atoms with van der Waals surface area (Å²) in [6.07, 6.45) is 2.83. The normalized spacial score (nSPS) is 22.7. The third kappa shape index (κ3) is 3.74. The summed E-state index contributed by atoms with van der Waals surface area (Å²) < 4.78 is 5.48. The van der Waals surface area contributed by atoms with Crippen molar-refractivity contribution in [2.24, 2.45) is 11.8 Å². The maximum atomic E-state index is 13.1. The molecule has 1 aliphatic heterocycles. The number of Topliss-reactive ketones (excluding diaryl/α,β-unsaturated/α-hetero) is 1. The average Bonchev–Trinajstić information content (AvgIpc) is 3.23. The Labute approximate surface area is 171 Å². The summed E-state index contributed by atoms with van der Waals surface area (Å²) in [5.41, 5.74) is 4.50. The third-order valence-electron chi connectivity index (χ3n) is 6.04. The summed E-state index contributed by atoms with van der Waals surface area (Å²) in [7, 11) is 0. The number of ether oxygens (including phenoxy) is 1. The molecule has 28 heavy (non-hydrogen) atoms. The molecule has 146 valence electrons. The number of aliphatic hydroxyl groups is 1. The summed E-state index contributed by atoms with van der Waals surface area (Å²) in [5.74, 6) is 0.835. The molecule has 4 heteroatoms. The molecule has 0 bridgehead atoms. The topological polar surface area (TPSA) is 46.5 Å². The lowest BCUT2D eigenvalue weighted by molar-refractivity contribution is -0.115. The van der Waals surface area contributed by atoms with E-state index < -0.39 is 0 Å². The van der Waals surface area contributed by atoms with Gasteiger partial charge >= 0.3 is 0 Å². The number of ketones is 1. The molecule has 4 rings (SSSR count). The summed E-state index contributed by atoms with van der Waals surface area (Å²) in [6, 6.07) is 13.8. The van der Waals surface area contributed by atoms with Gasteiger partial charge in [0, 0.05) is 31.1 Å². The van der Waals surface area contributed by atoms with Crippen molar-refractivity contribution in [1.82, 2.24) is 0 Å². The molecule has 2 aromatic carbocycles. The number of hydrogen-bond acceptors (Lipinski definition) is 3. The van der Waals surface area contributed by atoms with E-state index >= 15 is 0 Å². The summed E-state index contributed by atoms with van der Waals surface area (Å²) in [6.45, 7) is 3.53. The van der Waals surface area contributed by atoms with Gasteiger partial charge in [0.2, 0.25) is 0 Å². The first-order valence-electron chi connectivity index (χ1n) is 9.99. The molecule has 0 aromatic heterocycles. The lowest BCUT2D eigenvalue weighted by Gasteiger charge is -2.28. The molecule has 0 spiro atoms. The van der Waals surface area contributed by atoms with Crippen molar-refractivity contribution in [1.29, 1.82) is 0 Å². The molecule has 1 aliphatic carbocycles. The lowest BCUT2D eigenvalue weighted by Crippen LogP contribution is -2.25. The molecule has 2 atom stereocenters. The van der Waals surface area contributed by atoms with Crippen molar-refractivity contribution in [2.75, 3.05) is 13.2 Å². The maximum Gasteiger partial charge on any atom is 0.167 e. The van der Waals surface area contributed by atoms with Gasteiger partial charge in [0.25, 0.3) is 0 Å². The van der Waals surface area contributed by atoms with Crippen LogP contribution in [0.3, 0.4) is 0 Å². The molecular weight excluding hydrogens is 372 g/mol. The Kier molecular flexibility index (Phi) is 5.56. The fourth-order valence-corrected chi connectivity index (χ4v) is 4.55. The quantitative estimate of drug-likeness (QED) is 0.704. The molecule has 2 aromatic rings. The molecule has 1 N–H and O–H groups in total. The molecule has 2 unspecified atom stereocenters. The first-order valence-corrected chi connectivity index (χ1v) is 10.4. The minimum Gasteiger partial charge on any atom is -0.512 e. The van der Waals surface area contributed by atoms with Crippen LogP contribution < -0.4 is 0 Å². The highest BCUT2D eigenvalue weighted by Gasteiger charge is 2.35. The van der Waals surface area contributed by atoms with E-state index in [1.54, 1.807) is 0 Å². The van der Waals surface area contributed by atoms with Crippen LogP contribution in [0.25, 0.3) is 16.7 Å². The Morgan fingerprint density at radius 3 is 2.46 bits per heavy atom. The SMILES string of the molecule is CCc1ccc(-c2ccc(Cl)cc2)cc1C1=C(O)CC(C2CCOC2)CC1=O. The second-order valence-corrected chi connectivity index (χ2v) is 8.21. The van der Waals surface area contributed by atoms with Gasteiger partial charge in [0.05, 0.1) is 5.57 Å². The van der Waals surface area contributed by atoms with Gasteiger partial charge in [-0.2, -0.15) is 0 Å². The van der Waals surface area contributed by atoms with Crippen LogP contribution in [0, 0.1) is 11.8 Å². The van der Waals surface area contributed by atoms with Gasteiger partial charge in [-0.25, -0.2) is 0 Å². The number of aliphatic hydroxyl groups excluding tert-OH is 1. The zero-order chi connectivity index (χ0) is 19.7. The van der Waals surface area contributed by atoms with E-state index in [2.05, 4.69) is 19.1 Å². The van der Waals surface area contributed by atoms with Crippen LogP contribution in [0.15, 0.2) is 48.2 Å². The zero-order valence-electron chi connectivity index (χ0n) is 16.1. The number of benzene rings is 2. The van der Waals surface area contributed by atoms with Gasteiger partial charge in [-0.1, -0.05) is 42.8 Å². The van der Waals surface area contributed by atoms with Crippen LogP contribution in [-0.4, -0.2) is 24.1 Å². The van der Waals surface area contributed by atoms with E-state index in [0.717, 1.165) is 41.7 Å². The Hall–Kier alpha value is -2.10. The van der Waals surface area contributed by atoms with Crippen molar-refractivity contribution in [2.45, 2.75) is 32.6 Å². The molecule has 1 fully saturated rings. The van der Waals surface area contributed by atoms with Crippen LogP contribution in [0.1, 0.15) is 37.3 Å². The van der Waals surface area contributed by atoms with E-state index in [1.807, 2.05) is 30.3 Å². The lowest BCUT2D eigenvalue weighted by atomic mass is 9.76. The highest BCUT2D eigenvalue weighted by Crippen LogP contribution is 2.40. The second-order valence-electron chi connectivity index (χ2n) is 7.77. The standard InChI is InChI=1S/C24H25ClO3/c1-2-15-3-4-17(16-5-7-20(25)8-6-16)11-21(15)24-22(26)12-19(13-23(24)27)18-9-10-28-14-18/h3-8,11,18-19,26H,2,9-10,12-14H2,1H3. The third-order valence-corrected chi connectivity index (χ3v) is 6.29. The monoisotopic (exact) mass is 396 g/mol. The number of hydrogen-bond donors (Lipinski definition) is 1. The Balaban J connectivity index is 1.72.